The van der Waals surface area contributed by atoms with Crippen molar-refractivity contribution in [3.05, 3.63) is 80.2 Å². The van der Waals surface area contributed by atoms with Crippen LogP contribution in [0.2, 0.25) is 0 Å². The number of nitrogens with two attached hydrogens (primary N) is 1. The maximum Gasteiger partial charge on any atom is 0.339 e. The zero-order chi connectivity index (χ0) is 26.1. The molecule has 4 rings (SSSR count). The van der Waals surface area contributed by atoms with Gasteiger partial charge in [-0.2, -0.15) is 0 Å². The van der Waals surface area contributed by atoms with Crippen LogP contribution in [-0.4, -0.2) is 32.5 Å². The molecular weight excluding hydrogens is 464 g/mol. The van der Waals surface area contributed by atoms with Crippen LogP contribution in [0.1, 0.15) is 40.3 Å². The van der Waals surface area contributed by atoms with Crippen molar-refractivity contribution in [2.24, 2.45) is 13.0 Å². The summed E-state index contributed by atoms with van der Waals surface area (Å²) in [7, 11) is 1.27. The Morgan fingerprint density at radius 1 is 1.14 bits per heavy atom. The number of aromatic nitrogens is 3. The van der Waals surface area contributed by atoms with E-state index in [0.717, 1.165) is 4.57 Å². The lowest BCUT2D eigenvalue weighted by molar-refractivity contribution is 0.0476. The Hall–Kier alpha value is -4.47. The number of fused-ring (bicyclic) bond motifs is 1. The summed E-state index contributed by atoms with van der Waals surface area (Å²) >= 11 is 0. The van der Waals surface area contributed by atoms with Crippen LogP contribution in [0.25, 0.3) is 22.4 Å². The van der Waals surface area contributed by atoms with Crippen molar-refractivity contribution >= 4 is 28.5 Å². The van der Waals surface area contributed by atoms with Gasteiger partial charge in [-0.25, -0.2) is 14.6 Å². The monoisotopic (exact) mass is 490 g/mol. The van der Waals surface area contributed by atoms with Crippen LogP contribution in [0.4, 0.5) is 5.82 Å². The highest BCUT2D eigenvalue weighted by atomic mass is 16.5. The minimum Gasteiger partial charge on any atom is -0.460 e. The number of carbonyl (C=O) groups excluding carboxylic acids is 2. The van der Waals surface area contributed by atoms with Crippen molar-refractivity contribution in [1.82, 2.24) is 14.1 Å². The SMILES string of the molecule is Cc1ccc(-c2cc(C(=O)OCC(=O)c3c(N)n(CC(C)C)c(=O)n(C)c3=O)c3ccccc3n2)o1. The molecule has 0 aliphatic rings. The number of para-hydroxylation sites is 1. The molecule has 0 amide bonds. The number of ether oxygens (including phenoxy) is 1. The van der Waals surface area contributed by atoms with Gasteiger partial charge < -0.3 is 14.9 Å². The predicted molar refractivity (Wildman–Crippen MR) is 134 cm³/mol. The largest absolute Gasteiger partial charge is 0.460 e. The number of nitrogens with zero attached hydrogens (tertiary/aromatic N) is 3. The number of furan rings is 1. The lowest BCUT2D eigenvalue weighted by Gasteiger charge is -2.16. The molecule has 2 N–H and O–H groups in total. The van der Waals surface area contributed by atoms with E-state index in [1.54, 1.807) is 43.3 Å². The van der Waals surface area contributed by atoms with Gasteiger partial charge in [0.1, 0.15) is 22.8 Å². The predicted octanol–water partition coefficient (Wildman–Crippen LogP) is 2.94. The maximum absolute atomic E-state index is 13.1. The number of esters is 1. The number of pyridine rings is 1. The first-order valence-electron chi connectivity index (χ1n) is 11.3. The summed E-state index contributed by atoms with van der Waals surface area (Å²) in [5, 5.41) is 0.530. The second-order valence-electron chi connectivity index (χ2n) is 8.89. The smallest absolute Gasteiger partial charge is 0.339 e. The Morgan fingerprint density at radius 3 is 2.53 bits per heavy atom. The summed E-state index contributed by atoms with van der Waals surface area (Å²) in [6.45, 7) is 5.03. The van der Waals surface area contributed by atoms with Crippen LogP contribution in [0.5, 0.6) is 0 Å². The molecule has 0 unspecified atom stereocenters. The first-order valence-corrected chi connectivity index (χ1v) is 11.3. The quantitative estimate of drug-likeness (QED) is 0.308. The summed E-state index contributed by atoms with van der Waals surface area (Å²) in [4.78, 5) is 55.8. The number of Topliss-reactive ketones (excluding diaryl/α,β-unsaturated/α-hetero) is 1. The minimum absolute atomic E-state index is 0.0374. The maximum atomic E-state index is 13.1. The van der Waals surface area contributed by atoms with Gasteiger partial charge in [0, 0.05) is 19.0 Å². The Kier molecular flexibility index (Phi) is 6.61. The first kappa shape index (κ1) is 24.6. The highest BCUT2D eigenvalue weighted by Gasteiger charge is 2.24. The van der Waals surface area contributed by atoms with Crippen LogP contribution in [0, 0.1) is 12.8 Å². The molecule has 0 aliphatic heterocycles. The van der Waals surface area contributed by atoms with Crippen molar-refractivity contribution < 1.29 is 18.7 Å². The summed E-state index contributed by atoms with van der Waals surface area (Å²) in [6, 6.07) is 12.1. The number of ketones is 1. The topological polar surface area (TPSA) is 139 Å². The molecule has 0 aliphatic carbocycles. The van der Waals surface area contributed by atoms with E-state index in [9.17, 15) is 19.2 Å². The number of rotatable bonds is 7. The number of hydrogen-bond donors (Lipinski definition) is 1. The van der Waals surface area contributed by atoms with E-state index in [4.69, 9.17) is 14.9 Å². The van der Waals surface area contributed by atoms with Crippen LogP contribution < -0.4 is 17.0 Å². The van der Waals surface area contributed by atoms with Gasteiger partial charge in [0.2, 0.25) is 5.78 Å². The number of anilines is 1. The Balaban J connectivity index is 1.67. The van der Waals surface area contributed by atoms with Crippen molar-refractivity contribution in [2.45, 2.75) is 27.3 Å². The van der Waals surface area contributed by atoms with Gasteiger partial charge in [0.15, 0.2) is 12.4 Å². The van der Waals surface area contributed by atoms with Crippen LogP contribution in [-0.2, 0) is 18.3 Å². The van der Waals surface area contributed by atoms with E-state index in [0.29, 0.717) is 28.1 Å². The highest BCUT2D eigenvalue weighted by molar-refractivity contribution is 6.06. The fourth-order valence-corrected chi connectivity index (χ4v) is 3.91. The Bertz CT molecular complexity index is 1610. The molecular formula is C26H26N4O6. The number of aryl methyl sites for hydroxylation is 1. The molecule has 3 aromatic heterocycles. The molecule has 3 heterocycles. The first-order chi connectivity index (χ1) is 17.1. The van der Waals surface area contributed by atoms with Crippen LogP contribution in [0.15, 0.2) is 56.5 Å². The Morgan fingerprint density at radius 2 is 1.86 bits per heavy atom. The molecule has 1 aromatic carbocycles. The molecule has 10 heteroatoms. The van der Waals surface area contributed by atoms with Gasteiger partial charge >= 0.3 is 11.7 Å². The molecule has 0 saturated heterocycles. The normalized spacial score (nSPS) is 11.2. The van der Waals surface area contributed by atoms with Gasteiger partial charge in [-0.1, -0.05) is 32.0 Å². The molecule has 0 fully saturated rings. The Labute approximate surface area is 205 Å². The molecule has 10 nitrogen and oxygen atoms in total. The summed E-state index contributed by atoms with van der Waals surface area (Å²) in [5.41, 5.74) is 5.35. The molecule has 36 heavy (non-hydrogen) atoms. The lowest BCUT2D eigenvalue weighted by Crippen LogP contribution is -2.43. The third-order valence-electron chi connectivity index (χ3n) is 5.67. The van der Waals surface area contributed by atoms with Crippen molar-refractivity contribution in [3.63, 3.8) is 0 Å². The van der Waals surface area contributed by atoms with Crippen molar-refractivity contribution in [3.8, 4) is 11.5 Å². The van der Waals surface area contributed by atoms with E-state index in [1.165, 1.54) is 17.7 Å². The molecule has 186 valence electrons. The zero-order valence-electron chi connectivity index (χ0n) is 20.4. The summed E-state index contributed by atoms with van der Waals surface area (Å²) < 4.78 is 13.0. The van der Waals surface area contributed by atoms with Gasteiger partial charge in [0.05, 0.1) is 11.1 Å². The average Bonchev–Trinajstić information content (AvgIpc) is 3.29. The highest BCUT2D eigenvalue weighted by Crippen LogP contribution is 2.26. The third-order valence-corrected chi connectivity index (χ3v) is 5.67. The van der Waals surface area contributed by atoms with Crippen molar-refractivity contribution in [1.29, 1.82) is 0 Å². The fourth-order valence-electron chi connectivity index (χ4n) is 3.91. The second kappa shape index (κ2) is 9.65. The molecule has 0 saturated carbocycles. The zero-order valence-corrected chi connectivity index (χ0v) is 20.4. The van der Waals surface area contributed by atoms with Gasteiger partial charge in [-0.05, 0) is 37.1 Å². The van der Waals surface area contributed by atoms with E-state index < -0.39 is 35.2 Å². The van der Waals surface area contributed by atoms with Crippen LogP contribution >= 0.6 is 0 Å². The van der Waals surface area contributed by atoms with Gasteiger partial charge in [-0.15, -0.1) is 0 Å². The number of carbonyl (C=O) groups is 2. The molecule has 0 bridgehead atoms. The van der Waals surface area contributed by atoms with E-state index in [1.807, 2.05) is 13.8 Å². The molecule has 0 atom stereocenters. The molecule has 4 aromatic rings. The van der Waals surface area contributed by atoms with E-state index >= 15 is 0 Å². The van der Waals surface area contributed by atoms with E-state index in [2.05, 4.69) is 4.98 Å². The van der Waals surface area contributed by atoms with Gasteiger partial charge in [-0.3, -0.25) is 18.7 Å². The van der Waals surface area contributed by atoms with E-state index in [-0.39, 0.29) is 23.8 Å². The average molecular weight is 491 g/mol. The van der Waals surface area contributed by atoms with Crippen LogP contribution in [0.3, 0.4) is 0 Å². The number of nitrogen functional groups attached to an aromatic ring is 1. The number of benzene rings is 1. The fraction of sp³-hybridized carbons (Fsp3) is 0.269. The summed E-state index contributed by atoms with van der Waals surface area (Å²) in [5.74, 6) is -0.630. The lowest BCUT2D eigenvalue weighted by atomic mass is 10.1. The summed E-state index contributed by atoms with van der Waals surface area (Å²) in [6.07, 6.45) is 0. The van der Waals surface area contributed by atoms with Gasteiger partial charge in [0.25, 0.3) is 5.56 Å². The third kappa shape index (κ3) is 4.57. The second-order valence-corrected chi connectivity index (χ2v) is 8.89. The molecule has 0 radical (unpaired) electrons. The standard InChI is InChI=1S/C26H26N4O6/c1-14(2)12-30-23(27)22(24(32)29(4)26(30)34)20(31)13-35-25(33)17-11-19(21-10-9-15(3)36-21)28-18-8-6-5-7-16(17)18/h5-11,14H,12-13,27H2,1-4H3. The minimum atomic E-state index is -0.844. The van der Waals surface area contributed by atoms with Crippen molar-refractivity contribution in [2.75, 3.05) is 12.3 Å². The molecule has 0 spiro atoms. The number of hydrogen-bond acceptors (Lipinski definition) is 8.